The van der Waals surface area contributed by atoms with Crippen LogP contribution in [0.4, 0.5) is 0 Å². The second-order valence-electron chi connectivity index (χ2n) is 9.93. The zero-order chi connectivity index (χ0) is 21.4. The molecule has 2 heterocycles. The number of nitrogens with one attached hydrogen (secondary N) is 1. The minimum absolute atomic E-state index is 0.0194. The van der Waals surface area contributed by atoms with Gasteiger partial charge >= 0.3 is 0 Å². The summed E-state index contributed by atoms with van der Waals surface area (Å²) in [5.41, 5.74) is 4.38. The van der Waals surface area contributed by atoms with E-state index in [2.05, 4.69) is 28.4 Å². The summed E-state index contributed by atoms with van der Waals surface area (Å²) in [6, 6.07) is 15.5. The standard InChI is InChI=1S/C27H34N2O2/c1-19(2)28-26(30)21-8-6-20(7-9-21)22-10-11-25-23(18-22)12-13-27(31-25)14-16-29(17-15-27)24-4-3-5-24/h6-11,18-19,24H,3-5,12-17H2,1-2H3,(H,28,30). The average molecular weight is 419 g/mol. The van der Waals surface area contributed by atoms with Gasteiger partial charge in [0.15, 0.2) is 0 Å². The summed E-state index contributed by atoms with van der Waals surface area (Å²) < 4.78 is 6.64. The molecule has 1 N–H and O–H groups in total. The molecule has 3 aliphatic rings. The number of hydrogen-bond acceptors (Lipinski definition) is 3. The summed E-state index contributed by atoms with van der Waals surface area (Å²) >= 11 is 0. The lowest BCUT2D eigenvalue weighted by Gasteiger charge is -2.48. The van der Waals surface area contributed by atoms with Gasteiger partial charge in [-0.05, 0) is 93.3 Å². The fraction of sp³-hybridized carbons (Fsp3) is 0.519. The summed E-state index contributed by atoms with van der Waals surface area (Å²) in [5, 5.41) is 2.94. The molecule has 0 atom stereocenters. The SMILES string of the molecule is CC(C)NC(=O)c1ccc(-c2ccc3c(c2)CCC2(CCN(C4CCC4)CC2)O3)cc1. The molecule has 4 heteroatoms. The molecule has 5 rings (SSSR count). The Morgan fingerprint density at radius 2 is 1.74 bits per heavy atom. The Morgan fingerprint density at radius 1 is 1.03 bits per heavy atom. The van der Waals surface area contributed by atoms with Gasteiger partial charge in [0.05, 0.1) is 0 Å². The first-order chi connectivity index (χ1) is 15.0. The van der Waals surface area contributed by atoms with Crippen LogP contribution in [0.1, 0.15) is 68.3 Å². The highest BCUT2D eigenvalue weighted by atomic mass is 16.5. The zero-order valence-corrected chi connectivity index (χ0v) is 18.8. The molecule has 1 amide bonds. The number of rotatable bonds is 4. The van der Waals surface area contributed by atoms with Gasteiger partial charge in [-0.1, -0.05) is 24.6 Å². The van der Waals surface area contributed by atoms with Crippen molar-refractivity contribution >= 4 is 5.91 Å². The van der Waals surface area contributed by atoms with Crippen molar-refractivity contribution in [1.29, 1.82) is 0 Å². The maximum Gasteiger partial charge on any atom is 0.251 e. The Morgan fingerprint density at radius 3 is 2.39 bits per heavy atom. The molecule has 1 aliphatic carbocycles. The van der Waals surface area contributed by atoms with E-state index >= 15 is 0 Å². The van der Waals surface area contributed by atoms with Crippen molar-refractivity contribution in [3.63, 3.8) is 0 Å². The van der Waals surface area contributed by atoms with Gasteiger partial charge in [0.1, 0.15) is 11.4 Å². The van der Waals surface area contributed by atoms with Crippen LogP contribution >= 0.6 is 0 Å². The van der Waals surface area contributed by atoms with Crippen molar-refractivity contribution in [1.82, 2.24) is 10.2 Å². The van der Waals surface area contributed by atoms with Crippen LogP contribution in [0.5, 0.6) is 5.75 Å². The number of aryl methyl sites for hydroxylation is 1. The molecule has 31 heavy (non-hydrogen) atoms. The molecule has 2 aliphatic heterocycles. The first-order valence-electron chi connectivity index (χ1n) is 12.0. The number of amides is 1. The fourth-order valence-corrected chi connectivity index (χ4v) is 5.26. The smallest absolute Gasteiger partial charge is 0.251 e. The van der Waals surface area contributed by atoms with Gasteiger partial charge in [0.2, 0.25) is 0 Å². The van der Waals surface area contributed by atoms with E-state index in [1.165, 1.54) is 43.5 Å². The average Bonchev–Trinajstić information content (AvgIpc) is 2.73. The number of likely N-dealkylation sites (tertiary alicyclic amines) is 1. The maximum absolute atomic E-state index is 12.2. The zero-order valence-electron chi connectivity index (χ0n) is 18.8. The van der Waals surface area contributed by atoms with Crippen LogP contribution in [-0.4, -0.2) is 41.6 Å². The van der Waals surface area contributed by atoms with Gasteiger partial charge in [-0.3, -0.25) is 4.79 Å². The van der Waals surface area contributed by atoms with E-state index in [-0.39, 0.29) is 17.6 Å². The van der Waals surface area contributed by atoms with Crippen molar-refractivity contribution < 1.29 is 9.53 Å². The topological polar surface area (TPSA) is 41.6 Å². The molecule has 2 fully saturated rings. The second kappa shape index (κ2) is 8.31. The maximum atomic E-state index is 12.2. The molecule has 1 saturated heterocycles. The van der Waals surface area contributed by atoms with Crippen molar-refractivity contribution in [2.24, 2.45) is 0 Å². The molecular formula is C27H34N2O2. The quantitative estimate of drug-likeness (QED) is 0.742. The normalized spacial score (nSPS) is 20.7. The molecule has 1 spiro atoms. The van der Waals surface area contributed by atoms with Crippen LogP contribution in [-0.2, 0) is 6.42 Å². The second-order valence-corrected chi connectivity index (χ2v) is 9.93. The molecule has 1 saturated carbocycles. The van der Waals surface area contributed by atoms with Crippen LogP contribution in [0.25, 0.3) is 11.1 Å². The molecule has 0 radical (unpaired) electrons. The Labute approximate surface area is 186 Å². The Kier molecular flexibility index (Phi) is 5.51. The van der Waals surface area contributed by atoms with E-state index < -0.39 is 0 Å². The van der Waals surface area contributed by atoms with Crippen molar-refractivity contribution in [2.75, 3.05) is 13.1 Å². The van der Waals surface area contributed by atoms with Gasteiger partial charge in [0.25, 0.3) is 5.91 Å². The van der Waals surface area contributed by atoms with E-state index in [9.17, 15) is 4.79 Å². The van der Waals surface area contributed by atoms with Gasteiger partial charge in [-0.25, -0.2) is 0 Å². The molecule has 0 unspecified atom stereocenters. The van der Waals surface area contributed by atoms with Crippen LogP contribution in [0, 0.1) is 0 Å². The van der Waals surface area contributed by atoms with E-state index in [0.717, 1.165) is 43.0 Å². The van der Waals surface area contributed by atoms with Gasteiger partial charge in [-0.2, -0.15) is 0 Å². The van der Waals surface area contributed by atoms with E-state index in [1.807, 2.05) is 38.1 Å². The predicted octanol–water partition coefficient (Wildman–Crippen LogP) is 5.20. The van der Waals surface area contributed by atoms with Gasteiger partial charge in [0, 0.05) is 30.7 Å². The summed E-state index contributed by atoms with van der Waals surface area (Å²) in [4.78, 5) is 14.9. The Bertz CT molecular complexity index is 938. The summed E-state index contributed by atoms with van der Waals surface area (Å²) in [7, 11) is 0. The molecule has 0 bridgehead atoms. The number of piperidine rings is 1. The number of carbonyl (C=O) groups is 1. The van der Waals surface area contributed by atoms with Crippen LogP contribution in [0.2, 0.25) is 0 Å². The summed E-state index contributed by atoms with van der Waals surface area (Å²) in [6.07, 6.45) is 8.71. The monoisotopic (exact) mass is 418 g/mol. The summed E-state index contributed by atoms with van der Waals surface area (Å²) in [5.74, 6) is 1.05. The number of ether oxygens (including phenoxy) is 1. The van der Waals surface area contributed by atoms with Crippen molar-refractivity contribution in [3.05, 3.63) is 53.6 Å². The molecule has 2 aromatic carbocycles. The molecule has 164 valence electrons. The number of fused-ring (bicyclic) bond motifs is 1. The molecular weight excluding hydrogens is 384 g/mol. The first-order valence-corrected chi connectivity index (χ1v) is 12.0. The summed E-state index contributed by atoms with van der Waals surface area (Å²) in [6.45, 7) is 6.33. The largest absolute Gasteiger partial charge is 0.487 e. The van der Waals surface area contributed by atoms with Crippen molar-refractivity contribution in [3.8, 4) is 16.9 Å². The highest BCUT2D eigenvalue weighted by Gasteiger charge is 2.41. The van der Waals surface area contributed by atoms with Crippen LogP contribution < -0.4 is 10.1 Å². The predicted molar refractivity (Wildman–Crippen MR) is 125 cm³/mol. The minimum Gasteiger partial charge on any atom is -0.487 e. The van der Waals surface area contributed by atoms with Crippen LogP contribution in [0.3, 0.4) is 0 Å². The third-order valence-electron chi connectivity index (χ3n) is 7.44. The first kappa shape index (κ1) is 20.6. The third-order valence-corrected chi connectivity index (χ3v) is 7.44. The lowest BCUT2D eigenvalue weighted by Crippen LogP contribution is -2.53. The third kappa shape index (κ3) is 4.23. The van der Waals surface area contributed by atoms with E-state index in [4.69, 9.17) is 4.74 Å². The minimum atomic E-state index is -0.0194. The molecule has 0 aromatic heterocycles. The fourth-order valence-electron chi connectivity index (χ4n) is 5.26. The van der Waals surface area contributed by atoms with Gasteiger partial charge < -0.3 is 15.0 Å². The lowest BCUT2D eigenvalue weighted by atomic mass is 9.81. The van der Waals surface area contributed by atoms with E-state index in [0.29, 0.717) is 5.56 Å². The van der Waals surface area contributed by atoms with E-state index in [1.54, 1.807) is 0 Å². The highest BCUT2D eigenvalue weighted by Crippen LogP contribution is 2.42. The number of hydrogen-bond donors (Lipinski definition) is 1. The molecule has 2 aromatic rings. The number of benzene rings is 2. The van der Waals surface area contributed by atoms with Gasteiger partial charge in [-0.15, -0.1) is 0 Å². The molecule has 4 nitrogen and oxygen atoms in total. The Balaban J connectivity index is 1.26. The lowest BCUT2D eigenvalue weighted by molar-refractivity contribution is -0.0336. The Hall–Kier alpha value is -2.33. The van der Waals surface area contributed by atoms with Crippen molar-refractivity contribution in [2.45, 2.75) is 76.5 Å². The number of carbonyl (C=O) groups excluding carboxylic acids is 1. The highest BCUT2D eigenvalue weighted by molar-refractivity contribution is 5.94. The number of nitrogens with zero attached hydrogens (tertiary/aromatic N) is 1. The van der Waals surface area contributed by atoms with Crippen LogP contribution in [0.15, 0.2) is 42.5 Å².